The lowest BCUT2D eigenvalue weighted by Gasteiger charge is -2.24. The van der Waals surface area contributed by atoms with Crippen LogP contribution in [0.15, 0.2) is 12.1 Å². The van der Waals surface area contributed by atoms with Gasteiger partial charge in [-0.2, -0.15) is 0 Å². The van der Waals surface area contributed by atoms with Gasteiger partial charge in [-0.15, -0.1) is 0 Å². The molecule has 20 heavy (non-hydrogen) atoms. The molecule has 3 heteroatoms. The van der Waals surface area contributed by atoms with Gasteiger partial charge in [0.1, 0.15) is 5.75 Å². The minimum atomic E-state index is -0.724. The average Bonchev–Trinajstić information content (AvgIpc) is 3.19. The normalized spacial score (nSPS) is 16.2. The zero-order valence-electron chi connectivity index (χ0n) is 12.8. The molecule has 0 saturated heterocycles. The standard InChI is InChI=1S/C17H24O3/c1-10(2)13-8-5-11(3)16(17(13)20-4)14(9-15(18)19)12-6-7-12/h5,8,10,12,14H,6-7,9H2,1-4H3,(H,18,19). The fourth-order valence-corrected chi connectivity index (χ4v) is 3.05. The summed E-state index contributed by atoms with van der Waals surface area (Å²) in [5, 5.41) is 9.21. The third-order valence-electron chi connectivity index (χ3n) is 4.23. The van der Waals surface area contributed by atoms with Gasteiger partial charge in [0.15, 0.2) is 0 Å². The molecule has 110 valence electrons. The Labute approximate surface area is 121 Å². The third-order valence-corrected chi connectivity index (χ3v) is 4.23. The van der Waals surface area contributed by atoms with Crippen LogP contribution >= 0.6 is 0 Å². The van der Waals surface area contributed by atoms with Crippen molar-refractivity contribution in [2.24, 2.45) is 5.92 Å². The average molecular weight is 276 g/mol. The predicted molar refractivity (Wildman–Crippen MR) is 79.5 cm³/mol. The summed E-state index contributed by atoms with van der Waals surface area (Å²) in [7, 11) is 1.69. The second-order valence-electron chi connectivity index (χ2n) is 6.12. The van der Waals surface area contributed by atoms with E-state index < -0.39 is 5.97 Å². The lowest BCUT2D eigenvalue weighted by molar-refractivity contribution is -0.137. The van der Waals surface area contributed by atoms with E-state index in [1.807, 2.05) is 0 Å². The maximum Gasteiger partial charge on any atom is 0.303 e. The molecule has 2 rings (SSSR count). The minimum absolute atomic E-state index is 0.0844. The highest BCUT2D eigenvalue weighted by atomic mass is 16.5. The van der Waals surface area contributed by atoms with E-state index in [2.05, 4.69) is 32.9 Å². The fourth-order valence-electron chi connectivity index (χ4n) is 3.05. The molecule has 0 radical (unpaired) electrons. The first-order chi connectivity index (χ1) is 9.45. The van der Waals surface area contributed by atoms with E-state index in [0.29, 0.717) is 11.8 Å². The highest BCUT2D eigenvalue weighted by molar-refractivity contribution is 5.69. The van der Waals surface area contributed by atoms with E-state index in [1.54, 1.807) is 7.11 Å². The van der Waals surface area contributed by atoms with Crippen molar-refractivity contribution < 1.29 is 14.6 Å². The Morgan fingerprint density at radius 2 is 2.05 bits per heavy atom. The van der Waals surface area contributed by atoms with Crippen LogP contribution < -0.4 is 4.74 Å². The first kappa shape index (κ1) is 14.9. The first-order valence-electron chi connectivity index (χ1n) is 7.34. The van der Waals surface area contributed by atoms with Gasteiger partial charge in [-0.1, -0.05) is 26.0 Å². The maximum atomic E-state index is 11.2. The Balaban J connectivity index is 2.51. The Morgan fingerprint density at radius 3 is 2.50 bits per heavy atom. The van der Waals surface area contributed by atoms with Gasteiger partial charge in [-0.25, -0.2) is 0 Å². The summed E-state index contributed by atoms with van der Waals surface area (Å²) in [5.41, 5.74) is 3.43. The van der Waals surface area contributed by atoms with Gasteiger partial charge in [0.25, 0.3) is 0 Å². The molecule has 0 heterocycles. The molecule has 0 bridgehead atoms. The van der Waals surface area contributed by atoms with Crippen LogP contribution in [0.3, 0.4) is 0 Å². The second kappa shape index (κ2) is 5.86. The van der Waals surface area contributed by atoms with Crippen molar-refractivity contribution in [3.63, 3.8) is 0 Å². The van der Waals surface area contributed by atoms with Gasteiger partial charge in [-0.3, -0.25) is 4.79 Å². The molecule has 1 N–H and O–H groups in total. The summed E-state index contributed by atoms with van der Waals surface area (Å²) in [4.78, 5) is 11.2. The van der Waals surface area contributed by atoms with Crippen LogP contribution in [-0.2, 0) is 4.79 Å². The van der Waals surface area contributed by atoms with Gasteiger partial charge in [-0.05, 0) is 42.7 Å². The zero-order valence-corrected chi connectivity index (χ0v) is 12.8. The molecule has 1 fully saturated rings. The zero-order chi connectivity index (χ0) is 14.9. The number of hydrogen-bond donors (Lipinski definition) is 1. The van der Waals surface area contributed by atoms with E-state index in [4.69, 9.17) is 4.74 Å². The van der Waals surface area contributed by atoms with Crippen LogP contribution in [0, 0.1) is 12.8 Å². The molecule has 1 aliphatic carbocycles. The van der Waals surface area contributed by atoms with Crippen LogP contribution in [0.1, 0.15) is 61.6 Å². The molecule has 1 atom stereocenters. The summed E-state index contributed by atoms with van der Waals surface area (Å²) in [6.45, 7) is 6.33. The van der Waals surface area contributed by atoms with Crippen molar-refractivity contribution in [3.05, 3.63) is 28.8 Å². The fraction of sp³-hybridized carbons (Fsp3) is 0.588. The monoisotopic (exact) mass is 276 g/mol. The Hall–Kier alpha value is -1.51. The van der Waals surface area contributed by atoms with Crippen molar-refractivity contribution in [1.29, 1.82) is 0 Å². The van der Waals surface area contributed by atoms with Gasteiger partial charge < -0.3 is 9.84 Å². The summed E-state index contributed by atoms with van der Waals surface area (Å²) < 4.78 is 5.67. The van der Waals surface area contributed by atoms with Gasteiger partial charge in [0.2, 0.25) is 0 Å². The van der Waals surface area contributed by atoms with E-state index in [0.717, 1.165) is 29.7 Å². The Morgan fingerprint density at radius 1 is 1.40 bits per heavy atom. The SMILES string of the molecule is COc1c(C(C)C)ccc(C)c1C(CC(=O)O)C1CC1. The lowest BCUT2D eigenvalue weighted by Crippen LogP contribution is -2.12. The summed E-state index contributed by atoms with van der Waals surface area (Å²) in [6, 6.07) is 4.21. The number of methoxy groups -OCH3 is 1. The number of carboxylic acid groups (broad SMARTS) is 1. The quantitative estimate of drug-likeness (QED) is 0.851. The van der Waals surface area contributed by atoms with Crippen LogP contribution in [-0.4, -0.2) is 18.2 Å². The van der Waals surface area contributed by atoms with Gasteiger partial charge >= 0.3 is 5.97 Å². The lowest BCUT2D eigenvalue weighted by atomic mass is 9.84. The molecule has 0 aromatic heterocycles. The number of aryl methyl sites for hydroxylation is 1. The van der Waals surface area contributed by atoms with Crippen LogP contribution in [0.4, 0.5) is 0 Å². The van der Waals surface area contributed by atoms with Crippen LogP contribution in [0.5, 0.6) is 5.75 Å². The number of rotatable bonds is 6. The molecule has 0 amide bonds. The molecule has 0 aliphatic heterocycles. The smallest absolute Gasteiger partial charge is 0.303 e. The molecule has 1 unspecified atom stereocenters. The molecular formula is C17H24O3. The van der Waals surface area contributed by atoms with Gasteiger partial charge in [0, 0.05) is 11.5 Å². The molecule has 0 spiro atoms. The highest BCUT2D eigenvalue weighted by Gasteiger charge is 2.36. The van der Waals surface area contributed by atoms with E-state index >= 15 is 0 Å². The molecular weight excluding hydrogens is 252 g/mol. The molecule has 1 aromatic carbocycles. The number of carbonyl (C=O) groups is 1. The van der Waals surface area contributed by atoms with Crippen molar-refractivity contribution in [1.82, 2.24) is 0 Å². The number of ether oxygens (including phenoxy) is 1. The molecule has 1 aromatic rings. The van der Waals surface area contributed by atoms with Crippen molar-refractivity contribution >= 4 is 5.97 Å². The number of benzene rings is 1. The predicted octanol–water partition coefficient (Wildman–Crippen LogP) is 4.10. The van der Waals surface area contributed by atoms with Crippen LogP contribution in [0.25, 0.3) is 0 Å². The van der Waals surface area contributed by atoms with E-state index in [-0.39, 0.29) is 12.3 Å². The number of carboxylic acids is 1. The maximum absolute atomic E-state index is 11.2. The second-order valence-corrected chi connectivity index (χ2v) is 6.12. The van der Waals surface area contributed by atoms with Crippen LogP contribution in [0.2, 0.25) is 0 Å². The largest absolute Gasteiger partial charge is 0.496 e. The molecule has 3 nitrogen and oxygen atoms in total. The van der Waals surface area contributed by atoms with E-state index in [1.165, 1.54) is 5.56 Å². The topological polar surface area (TPSA) is 46.5 Å². The first-order valence-corrected chi connectivity index (χ1v) is 7.34. The minimum Gasteiger partial charge on any atom is -0.496 e. The highest BCUT2D eigenvalue weighted by Crippen LogP contribution is 2.49. The van der Waals surface area contributed by atoms with Crippen molar-refractivity contribution in [3.8, 4) is 5.75 Å². The third kappa shape index (κ3) is 2.97. The Kier molecular flexibility index (Phi) is 4.36. The molecule has 1 saturated carbocycles. The number of aliphatic carboxylic acids is 1. The van der Waals surface area contributed by atoms with Crippen molar-refractivity contribution in [2.45, 2.75) is 51.9 Å². The summed E-state index contributed by atoms with van der Waals surface area (Å²) in [5.74, 6) is 1.13. The summed E-state index contributed by atoms with van der Waals surface area (Å²) in [6.07, 6.45) is 2.46. The summed E-state index contributed by atoms with van der Waals surface area (Å²) >= 11 is 0. The Bertz CT molecular complexity index is 501. The van der Waals surface area contributed by atoms with E-state index in [9.17, 15) is 9.90 Å². The number of hydrogen-bond acceptors (Lipinski definition) is 2. The molecule has 1 aliphatic rings. The van der Waals surface area contributed by atoms with Crippen molar-refractivity contribution in [2.75, 3.05) is 7.11 Å². The van der Waals surface area contributed by atoms with Gasteiger partial charge in [0.05, 0.1) is 13.5 Å².